The Morgan fingerprint density at radius 3 is 2.50 bits per heavy atom. The predicted octanol–water partition coefficient (Wildman–Crippen LogP) is 3.62. The highest BCUT2D eigenvalue weighted by atomic mass is 32.1. The Hall–Kier alpha value is -1.88. The number of nitrogens with two attached hydrogens (primary N) is 1. The summed E-state index contributed by atoms with van der Waals surface area (Å²) in [6.45, 7) is 5.99. The Balaban J connectivity index is 2.09. The van der Waals surface area contributed by atoms with Gasteiger partial charge in [0.25, 0.3) is 0 Å². The number of thiazole rings is 1. The first-order valence-corrected chi connectivity index (χ1v) is 7.47. The van der Waals surface area contributed by atoms with Gasteiger partial charge in [-0.2, -0.15) is 0 Å². The first kappa shape index (κ1) is 14.5. The van der Waals surface area contributed by atoms with Gasteiger partial charge < -0.3 is 11.1 Å². The molecular formula is C15H19N3OS. The number of nitrogens with zero attached hydrogens (tertiary/aromatic N) is 1. The molecule has 1 aromatic heterocycles. The molecule has 5 heteroatoms. The number of nitrogens with one attached hydrogen (secondary N) is 1. The van der Waals surface area contributed by atoms with Crippen LogP contribution < -0.4 is 11.1 Å². The van der Waals surface area contributed by atoms with Crippen molar-refractivity contribution < 1.29 is 4.79 Å². The topological polar surface area (TPSA) is 68.0 Å². The molecule has 0 fully saturated rings. The largest absolute Gasteiger partial charge is 0.399 e. The van der Waals surface area contributed by atoms with Gasteiger partial charge >= 0.3 is 0 Å². The Morgan fingerprint density at radius 2 is 1.90 bits per heavy atom. The monoisotopic (exact) mass is 289 g/mol. The molecule has 1 unspecified atom stereocenters. The molecule has 0 bridgehead atoms. The number of hydrogen-bond donors (Lipinski definition) is 2. The summed E-state index contributed by atoms with van der Waals surface area (Å²) in [5.74, 6) is 0.295. The van der Waals surface area contributed by atoms with Crippen LogP contribution in [0.3, 0.4) is 0 Å². The average Bonchev–Trinajstić information content (AvgIpc) is 2.87. The fourth-order valence-electron chi connectivity index (χ4n) is 1.64. The van der Waals surface area contributed by atoms with Crippen LogP contribution in [0.4, 0.5) is 10.8 Å². The summed E-state index contributed by atoms with van der Waals surface area (Å²) in [6.07, 6.45) is 0. The van der Waals surface area contributed by atoms with Crippen molar-refractivity contribution >= 4 is 28.1 Å². The smallest absolute Gasteiger partial charge is 0.229 e. The normalized spacial score (nSPS) is 12.4. The molecule has 1 aromatic carbocycles. The molecule has 1 heterocycles. The predicted molar refractivity (Wildman–Crippen MR) is 84.6 cm³/mol. The number of carbonyl (C=O) groups is 1. The van der Waals surface area contributed by atoms with Crippen molar-refractivity contribution in [1.29, 1.82) is 0 Å². The maximum absolute atomic E-state index is 12.0. The minimum absolute atomic E-state index is 0.0122. The summed E-state index contributed by atoms with van der Waals surface area (Å²) in [5.41, 5.74) is 8.23. The van der Waals surface area contributed by atoms with Crippen LogP contribution in [0.25, 0.3) is 11.3 Å². The van der Waals surface area contributed by atoms with E-state index in [0.29, 0.717) is 11.0 Å². The maximum Gasteiger partial charge on any atom is 0.229 e. The van der Waals surface area contributed by atoms with Crippen LogP contribution in [0.15, 0.2) is 29.6 Å². The second-order valence-corrected chi connectivity index (χ2v) is 6.04. The van der Waals surface area contributed by atoms with Crippen molar-refractivity contribution in [2.24, 2.45) is 11.8 Å². The second-order valence-electron chi connectivity index (χ2n) is 5.18. The second kappa shape index (κ2) is 6.05. The molecule has 20 heavy (non-hydrogen) atoms. The van der Waals surface area contributed by atoms with Gasteiger partial charge in [-0.25, -0.2) is 4.98 Å². The lowest BCUT2D eigenvalue weighted by atomic mass is 9.97. The van der Waals surface area contributed by atoms with Crippen LogP contribution in [0.1, 0.15) is 20.8 Å². The van der Waals surface area contributed by atoms with Crippen molar-refractivity contribution in [3.8, 4) is 11.3 Å². The van der Waals surface area contributed by atoms with E-state index in [0.717, 1.165) is 16.9 Å². The van der Waals surface area contributed by atoms with E-state index in [1.807, 2.05) is 50.4 Å². The van der Waals surface area contributed by atoms with E-state index in [4.69, 9.17) is 5.73 Å². The average molecular weight is 289 g/mol. The molecule has 0 spiro atoms. The van der Waals surface area contributed by atoms with Crippen molar-refractivity contribution in [2.75, 3.05) is 11.1 Å². The van der Waals surface area contributed by atoms with Gasteiger partial charge in [0.15, 0.2) is 5.13 Å². The SMILES string of the molecule is CC(C)C(C)C(=O)Nc1nc(-c2ccc(N)cc2)cs1. The van der Waals surface area contributed by atoms with Gasteiger partial charge in [0.05, 0.1) is 5.69 Å². The highest BCUT2D eigenvalue weighted by molar-refractivity contribution is 7.14. The standard InChI is InChI=1S/C15H19N3OS/c1-9(2)10(3)14(19)18-15-17-13(8-20-15)11-4-6-12(16)7-5-11/h4-10H,16H2,1-3H3,(H,17,18,19). The Morgan fingerprint density at radius 1 is 1.25 bits per heavy atom. The number of carbonyl (C=O) groups excluding carboxylic acids is 1. The quantitative estimate of drug-likeness (QED) is 0.845. The molecule has 2 aromatic rings. The molecule has 0 aliphatic heterocycles. The van der Waals surface area contributed by atoms with E-state index < -0.39 is 0 Å². The van der Waals surface area contributed by atoms with Gasteiger partial charge in [-0.1, -0.05) is 32.9 Å². The minimum atomic E-state index is -0.0288. The number of nitrogen functional groups attached to an aromatic ring is 1. The maximum atomic E-state index is 12.0. The summed E-state index contributed by atoms with van der Waals surface area (Å²) < 4.78 is 0. The van der Waals surface area contributed by atoms with Crippen LogP contribution in [0.2, 0.25) is 0 Å². The minimum Gasteiger partial charge on any atom is -0.399 e. The lowest BCUT2D eigenvalue weighted by molar-refractivity contribution is -0.120. The highest BCUT2D eigenvalue weighted by Gasteiger charge is 2.17. The van der Waals surface area contributed by atoms with Gasteiger partial charge in [0, 0.05) is 22.5 Å². The zero-order valence-corrected chi connectivity index (χ0v) is 12.7. The van der Waals surface area contributed by atoms with Gasteiger partial charge in [-0.05, 0) is 18.1 Å². The third-order valence-electron chi connectivity index (χ3n) is 3.35. The van der Waals surface area contributed by atoms with E-state index in [1.165, 1.54) is 11.3 Å². The first-order chi connectivity index (χ1) is 9.47. The molecule has 1 atom stereocenters. The number of aromatic nitrogens is 1. The van der Waals surface area contributed by atoms with Crippen molar-refractivity contribution in [1.82, 2.24) is 4.98 Å². The Bertz CT molecular complexity index is 589. The van der Waals surface area contributed by atoms with Crippen molar-refractivity contribution in [3.05, 3.63) is 29.6 Å². The number of rotatable bonds is 4. The first-order valence-electron chi connectivity index (χ1n) is 6.59. The van der Waals surface area contributed by atoms with E-state index in [-0.39, 0.29) is 11.8 Å². The fraction of sp³-hybridized carbons (Fsp3) is 0.333. The molecule has 1 amide bonds. The molecule has 0 radical (unpaired) electrons. The number of hydrogen-bond acceptors (Lipinski definition) is 4. The van der Waals surface area contributed by atoms with E-state index in [1.54, 1.807) is 0 Å². The van der Waals surface area contributed by atoms with Crippen LogP contribution in [0, 0.1) is 11.8 Å². The fourth-order valence-corrected chi connectivity index (χ4v) is 2.36. The summed E-state index contributed by atoms with van der Waals surface area (Å²) in [7, 11) is 0. The van der Waals surface area contributed by atoms with Crippen molar-refractivity contribution in [2.45, 2.75) is 20.8 Å². The molecule has 106 valence electrons. The lowest BCUT2D eigenvalue weighted by Gasteiger charge is -2.13. The highest BCUT2D eigenvalue weighted by Crippen LogP contribution is 2.26. The zero-order chi connectivity index (χ0) is 14.7. The van der Waals surface area contributed by atoms with E-state index >= 15 is 0 Å². The van der Waals surface area contributed by atoms with Crippen LogP contribution in [0.5, 0.6) is 0 Å². The van der Waals surface area contributed by atoms with Gasteiger partial charge in [0.2, 0.25) is 5.91 Å². The van der Waals surface area contributed by atoms with Crippen LogP contribution >= 0.6 is 11.3 Å². The van der Waals surface area contributed by atoms with Gasteiger partial charge in [0.1, 0.15) is 0 Å². The molecule has 0 aliphatic rings. The third-order valence-corrected chi connectivity index (χ3v) is 4.11. The van der Waals surface area contributed by atoms with Crippen LogP contribution in [-0.4, -0.2) is 10.9 Å². The van der Waals surface area contributed by atoms with Gasteiger partial charge in [-0.15, -0.1) is 11.3 Å². The summed E-state index contributed by atoms with van der Waals surface area (Å²) >= 11 is 1.43. The van der Waals surface area contributed by atoms with Gasteiger partial charge in [-0.3, -0.25) is 4.79 Å². The lowest BCUT2D eigenvalue weighted by Crippen LogP contribution is -2.24. The molecule has 3 N–H and O–H groups in total. The number of amides is 1. The third kappa shape index (κ3) is 3.36. The number of anilines is 2. The summed E-state index contributed by atoms with van der Waals surface area (Å²) in [6, 6.07) is 7.53. The van der Waals surface area contributed by atoms with Crippen LogP contribution in [-0.2, 0) is 4.79 Å². The number of benzene rings is 1. The summed E-state index contributed by atoms with van der Waals surface area (Å²) in [4.78, 5) is 16.4. The molecular weight excluding hydrogens is 270 g/mol. The Labute approximate surface area is 123 Å². The summed E-state index contributed by atoms with van der Waals surface area (Å²) in [5, 5.41) is 5.43. The van der Waals surface area contributed by atoms with E-state index in [9.17, 15) is 4.79 Å². The van der Waals surface area contributed by atoms with Crippen molar-refractivity contribution in [3.63, 3.8) is 0 Å². The molecule has 0 saturated heterocycles. The van der Waals surface area contributed by atoms with E-state index in [2.05, 4.69) is 10.3 Å². The Kier molecular flexibility index (Phi) is 4.39. The molecule has 4 nitrogen and oxygen atoms in total. The molecule has 0 saturated carbocycles. The zero-order valence-electron chi connectivity index (χ0n) is 11.9. The molecule has 2 rings (SSSR count). The molecule has 0 aliphatic carbocycles.